The molecule has 14 aromatic carbocycles. The summed E-state index contributed by atoms with van der Waals surface area (Å²) in [6.07, 6.45) is 0. The molecule has 7 heterocycles. The Morgan fingerprint density at radius 3 is 0.968 bits per heavy atom. The summed E-state index contributed by atoms with van der Waals surface area (Å²) in [5.74, 6) is 0. The van der Waals surface area contributed by atoms with Crippen LogP contribution in [0.3, 0.4) is 0 Å². The van der Waals surface area contributed by atoms with Gasteiger partial charge in [0.1, 0.15) is 0 Å². The molecule has 0 spiro atoms. The molecule has 0 radical (unpaired) electrons. The Balaban J connectivity index is 0.856. The molecule has 0 fully saturated rings. The lowest BCUT2D eigenvalue weighted by Gasteiger charge is -2.41. The SMILES string of the molecule is c1ccc(N(c2ccccc2)c2cc3c4c(c2)-n2c5ccccc5c5cccc(c52)B4c2cc4c(cc2N3c2ccccc2)sc2cc3c(cc24)B2c4c(cc(N(c5ccccc5)c5ccccc5)cc4-n4c5ccccc5c5cccc2c54)N3c2ccccc2)cc1. The van der Waals surface area contributed by atoms with Crippen molar-refractivity contribution in [3.05, 3.63) is 315 Å². The molecule has 9 heteroatoms. The molecule has 4 aliphatic rings. The summed E-state index contributed by atoms with van der Waals surface area (Å²) in [5, 5.41) is 7.62. The first-order chi connectivity index (χ1) is 46.2. The zero-order valence-corrected chi connectivity index (χ0v) is 51.1. The fourth-order valence-corrected chi connectivity index (χ4v) is 17.9. The normalized spacial score (nSPS) is 13.1. The molecule has 0 atom stereocenters. The van der Waals surface area contributed by atoms with Crippen molar-refractivity contribution >= 4 is 190 Å². The Bertz CT molecular complexity index is 5530. The largest absolute Gasteiger partial charge is 0.311 e. The van der Waals surface area contributed by atoms with Crippen LogP contribution in [0.4, 0.5) is 68.2 Å². The summed E-state index contributed by atoms with van der Waals surface area (Å²) in [7, 11) is 0. The second-order valence-corrected chi connectivity index (χ2v) is 26.2. The van der Waals surface area contributed by atoms with E-state index >= 15 is 0 Å². The predicted octanol–water partition coefficient (Wildman–Crippen LogP) is 18.4. The highest BCUT2D eigenvalue weighted by Crippen LogP contribution is 2.51. The van der Waals surface area contributed by atoms with Crippen LogP contribution in [0.2, 0.25) is 0 Å². The fourth-order valence-electron chi connectivity index (χ4n) is 16.7. The lowest BCUT2D eigenvalue weighted by Crippen LogP contribution is -2.60. The molecule has 0 saturated heterocycles. The van der Waals surface area contributed by atoms with Gasteiger partial charge in [0.05, 0.1) is 22.4 Å². The highest BCUT2D eigenvalue weighted by molar-refractivity contribution is 7.26. The number of hydrogen-bond acceptors (Lipinski definition) is 5. The van der Waals surface area contributed by atoms with E-state index in [0.717, 1.165) is 45.5 Å². The van der Waals surface area contributed by atoms with Crippen molar-refractivity contribution in [3.63, 3.8) is 0 Å². The maximum absolute atomic E-state index is 2.61. The fraction of sp³-hybridized carbons (Fsp3) is 0. The molecule has 21 rings (SSSR count). The van der Waals surface area contributed by atoms with Gasteiger partial charge in [-0.1, -0.05) is 194 Å². The first-order valence-corrected chi connectivity index (χ1v) is 33.0. The predicted molar refractivity (Wildman–Crippen MR) is 396 cm³/mol. The molecule has 0 bridgehead atoms. The summed E-state index contributed by atoms with van der Waals surface area (Å²) in [6.45, 7) is -0.167. The van der Waals surface area contributed by atoms with Crippen LogP contribution in [-0.2, 0) is 0 Å². The molecular weight excluding hydrogens is 1150 g/mol. The van der Waals surface area contributed by atoms with Crippen LogP contribution in [0, 0.1) is 0 Å². The van der Waals surface area contributed by atoms with Crippen LogP contribution in [-0.4, -0.2) is 22.6 Å². The number of fused-ring (bicyclic) bond motifs is 17. The first kappa shape index (κ1) is 51.0. The number of hydrogen-bond donors (Lipinski definition) is 0. The average molecular weight is 1200 g/mol. The number of anilines is 12. The van der Waals surface area contributed by atoms with E-state index < -0.39 is 0 Å². The van der Waals surface area contributed by atoms with Gasteiger partial charge in [0.25, 0.3) is 13.4 Å². The Labute approximate surface area is 541 Å². The second-order valence-electron chi connectivity index (χ2n) is 25.1. The smallest absolute Gasteiger partial charge is 0.252 e. The molecule has 0 amide bonds. The van der Waals surface area contributed by atoms with Crippen molar-refractivity contribution in [2.24, 2.45) is 0 Å². The zero-order chi connectivity index (χ0) is 60.6. The summed E-state index contributed by atoms with van der Waals surface area (Å²) in [6, 6.07) is 118. The van der Waals surface area contributed by atoms with Gasteiger partial charge >= 0.3 is 0 Å². The van der Waals surface area contributed by atoms with Crippen LogP contribution >= 0.6 is 11.3 Å². The third-order valence-corrected chi connectivity index (χ3v) is 21.4. The van der Waals surface area contributed by atoms with E-state index in [-0.39, 0.29) is 13.4 Å². The van der Waals surface area contributed by atoms with Crippen LogP contribution in [0.15, 0.2) is 315 Å². The van der Waals surface area contributed by atoms with E-state index in [1.165, 1.54) is 131 Å². The number of aromatic nitrogens is 2. The molecule has 0 N–H and O–H groups in total. The third-order valence-electron chi connectivity index (χ3n) is 20.3. The van der Waals surface area contributed by atoms with Gasteiger partial charge in [0, 0.05) is 110 Å². The summed E-state index contributed by atoms with van der Waals surface area (Å²) >= 11 is 1.92. The van der Waals surface area contributed by atoms with Crippen molar-refractivity contribution < 1.29 is 0 Å². The summed E-state index contributed by atoms with van der Waals surface area (Å²) in [5.41, 5.74) is 28.8. The minimum absolute atomic E-state index is 0.0835. The van der Waals surface area contributed by atoms with Crippen LogP contribution < -0.4 is 52.4 Å². The van der Waals surface area contributed by atoms with E-state index in [2.05, 4.69) is 344 Å². The molecule has 17 aromatic rings. The highest BCUT2D eigenvalue weighted by atomic mass is 32.1. The van der Waals surface area contributed by atoms with Crippen molar-refractivity contribution in [2.45, 2.75) is 0 Å². The Morgan fingerprint density at radius 1 is 0.247 bits per heavy atom. The Hall–Kier alpha value is -11.8. The second kappa shape index (κ2) is 19.4. The lowest BCUT2D eigenvalue weighted by atomic mass is 9.33. The maximum atomic E-state index is 2.61. The lowest BCUT2D eigenvalue weighted by molar-refractivity contribution is 1.16. The van der Waals surface area contributed by atoms with Gasteiger partial charge < -0.3 is 28.7 Å². The highest BCUT2D eigenvalue weighted by Gasteiger charge is 2.46. The van der Waals surface area contributed by atoms with Gasteiger partial charge in [-0.25, -0.2) is 0 Å². The third kappa shape index (κ3) is 7.14. The molecule has 0 unspecified atom stereocenters. The molecule has 3 aromatic heterocycles. The standard InChI is InChI=1S/C84H52B2N6S/c1-7-25-53(26-8-1)87(54-27-9-2-10-28-54)59-45-75-81-77(47-59)91-71-43-21-19-37-61(71)63-39-23-41-67(83(63)91)85(81)69-49-65-66-50-70-74(52-80(66)93-79(65)51-73(69)89(75)57-33-15-5-16-34-57)90(58-35-17-6-18-36-58)76-46-60(88(55-29-11-3-12-30-55)56-31-13-4-14-32-56)48-78-82(76)86(70)68-42-24-40-64-62-38-20-22-44-72(62)92(78)84(64)68/h1-52H. The number of para-hydroxylation sites is 10. The van der Waals surface area contributed by atoms with E-state index in [9.17, 15) is 0 Å². The minimum atomic E-state index is -0.0835. The Morgan fingerprint density at radius 2 is 0.581 bits per heavy atom. The molecule has 4 aliphatic heterocycles. The number of nitrogens with zero attached hydrogens (tertiary/aromatic N) is 6. The molecule has 430 valence electrons. The Kier molecular flexibility index (Phi) is 10.6. The first-order valence-electron chi connectivity index (χ1n) is 32.1. The van der Waals surface area contributed by atoms with Crippen LogP contribution in [0.25, 0.3) is 75.2 Å². The van der Waals surface area contributed by atoms with Crippen LogP contribution in [0.1, 0.15) is 0 Å². The van der Waals surface area contributed by atoms with Gasteiger partial charge in [-0.05, 0) is 165 Å². The van der Waals surface area contributed by atoms with Crippen molar-refractivity contribution in [1.29, 1.82) is 0 Å². The van der Waals surface area contributed by atoms with E-state index in [4.69, 9.17) is 0 Å². The molecular formula is C84H52B2N6S. The van der Waals surface area contributed by atoms with Crippen molar-refractivity contribution in [2.75, 3.05) is 19.6 Å². The van der Waals surface area contributed by atoms with E-state index in [1.807, 2.05) is 11.3 Å². The van der Waals surface area contributed by atoms with Gasteiger partial charge in [-0.3, -0.25) is 0 Å². The topological polar surface area (TPSA) is 22.8 Å². The van der Waals surface area contributed by atoms with E-state index in [0.29, 0.717) is 0 Å². The minimum Gasteiger partial charge on any atom is -0.311 e. The molecule has 0 saturated carbocycles. The number of benzene rings is 14. The quantitative estimate of drug-likeness (QED) is 0.141. The molecule has 93 heavy (non-hydrogen) atoms. The van der Waals surface area contributed by atoms with Gasteiger partial charge in [0.15, 0.2) is 0 Å². The summed E-state index contributed by atoms with van der Waals surface area (Å²) < 4.78 is 7.68. The molecule has 6 nitrogen and oxygen atoms in total. The van der Waals surface area contributed by atoms with Crippen LogP contribution in [0.5, 0.6) is 0 Å². The van der Waals surface area contributed by atoms with Crippen molar-refractivity contribution in [3.8, 4) is 11.4 Å². The van der Waals surface area contributed by atoms with Gasteiger partial charge in [-0.2, -0.15) is 0 Å². The molecule has 0 aliphatic carbocycles. The van der Waals surface area contributed by atoms with Gasteiger partial charge in [-0.15, -0.1) is 11.3 Å². The monoisotopic (exact) mass is 1200 g/mol. The average Bonchev–Trinajstić information content (AvgIpc) is 1.65. The maximum Gasteiger partial charge on any atom is 0.252 e. The number of rotatable bonds is 8. The number of thiophene rings is 1. The van der Waals surface area contributed by atoms with E-state index in [1.54, 1.807) is 0 Å². The zero-order valence-electron chi connectivity index (χ0n) is 50.3. The van der Waals surface area contributed by atoms with Crippen molar-refractivity contribution in [1.82, 2.24) is 9.13 Å². The van der Waals surface area contributed by atoms with Gasteiger partial charge in [0.2, 0.25) is 0 Å². The summed E-state index contributed by atoms with van der Waals surface area (Å²) in [4.78, 5) is 10.0.